The van der Waals surface area contributed by atoms with E-state index in [1.807, 2.05) is 0 Å². The Morgan fingerprint density at radius 1 is 1.12 bits per heavy atom. The number of carbonyl (C=O) groups excluding carboxylic acids is 2. The van der Waals surface area contributed by atoms with E-state index in [0.717, 1.165) is 11.8 Å². The molecule has 8 nitrogen and oxygen atoms in total. The smallest absolute Gasteiger partial charge is 0.242 e. The van der Waals surface area contributed by atoms with Crippen molar-refractivity contribution >= 4 is 39.1 Å². The molecule has 0 aliphatic heterocycles. The molecule has 0 saturated heterocycles. The van der Waals surface area contributed by atoms with Crippen LogP contribution < -0.4 is 14.4 Å². The van der Waals surface area contributed by atoms with Gasteiger partial charge in [-0.15, -0.1) is 0 Å². The van der Waals surface area contributed by atoms with Crippen LogP contribution >= 0.6 is 11.6 Å². The minimum absolute atomic E-state index is 0.0656. The van der Waals surface area contributed by atoms with Gasteiger partial charge in [-0.1, -0.05) is 35.9 Å². The molecule has 0 saturated carbocycles. The van der Waals surface area contributed by atoms with E-state index in [4.69, 9.17) is 16.3 Å². The molecule has 2 amide bonds. The number of amides is 2. The summed E-state index contributed by atoms with van der Waals surface area (Å²) in [7, 11) is -0.619. The number of sulfonamides is 1. The van der Waals surface area contributed by atoms with Gasteiger partial charge in [-0.25, -0.2) is 8.42 Å². The van der Waals surface area contributed by atoms with Gasteiger partial charge in [0.25, 0.3) is 0 Å². The molecule has 0 aliphatic rings. The fraction of sp³-hybridized carbons (Fsp3) is 0.391. The summed E-state index contributed by atoms with van der Waals surface area (Å²) < 4.78 is 31.4. The number of anilines is 1. The first-order valence-corrected chi connectivity index (χ1v) is 12.7. The van der Waals surface area contributed by atoms with Crippen molar-refractivity contribution in [1.82, 2.24) is 10.2 Å². The number of ether oxygens (including phenoxy) is 1. The molecule has 0 spiro atoms. The highest BCUT2D eigenvalue weighted by atomic mass is 35.5. The fourth-order valence-electron chi connectivity index (χ4n) is 3.40. The molecular weight excluding hydrogens is 466 g/mol. The predicted molar refractivity (Wildman–Crippen MR) is 130 cm³/mol. The van der Waals surface area contributed by atoms with E-state index in [9.17, 15) is 18.0 Å². The number of para-hydroxylation sites is 2. The zero-order chi connectivity index (χ0) is 24.6. The molecule has 33 heavy (non-hydrogen) atoms. The van der Waals surface area contributed by atoms with Crippen LogP contribution in [0.5, 0.6) is 5.75 Å². The van der Waals surface area contributed by atoms with Gasteiger partial charge in [-0.3, -0.25) is 13.9 Å². The van der Waals surface area contributed by atoms with E-state index in [-0.39, 0.29) is 37.7 Å². The number of hydrogen-bond donors (Lipinski definition) is 1. The number of hydrogen-bond acceptors (Lipinski definition) is 5. The molecule has 180 valence electrons. The highest BCUT2D eigenvalue weighted by Gasteiger charge is 2.26. The van der Waals surface area contributed by atoms with Gasteiger partial charge < -0.3 is 15.0 Å². The zero-order valence-electron chi connectivity index (χ0n) is 19.2. The largest absolute Gasteiger partial charge is 0.495 e. The molecule has 1 unspecified atom stereocenters. The van der Waals surface area contributed by atoms with Crippen LogP contribution in [0, 0.1) is 0 Å². The highest BCUT2D eigenvalue weighted by Crippen LogP contribution is 2.29. The van der Waals surface area contributed by atoms with Gasteiger partial charge in [0, 0.05) is 31.6 Å². The Balaban J connectivity index is 2.16. The zero-order valence-corrected chi connectivity index (χ0v) is 20.8. The van der Waals surface area contributed by atoms with E-state index < -0.39 is 16.1 Å². The number of halogens is 1. The monoisotopic (exact) mass is 495 g/mol. The quantitative estimate of drug-likeness (QED) is 0.517. The Labute approximate surface area is 200 Å². The Kier molecular flexibility index (Phi) is 9.55. The number of likely N-dealkylation sites (N-methyl/N-ethyl adjacent to an activating group) is 1. The van der Waals surface area contributed by atoms with E-state index in [2.05, 4.69) is 5.32 Å². The second kappa shape index (κ2) is 11.9. The van der Waals surface area contributed by atoms with Crippen molar-refractivity contribution in [2.24, 2.45) is 0 Å². The molecule has 0 fully saturated rings. The predicted octanol–water partition coefficient (Wildman–Crippen LogP) is 3.06. The topological polar surface area (TPSA) is 96.0 Å². The Morgan fingerprint density at radius 3 is 2.33 bits per heavy atom. The lowest BCUT2D eigenvalue weighted by molar-refractivity contribution is -0.140. The second-order valence-corrected chi connectivity index (χ2v) is 9.89. The molecule has 0 bridgehead atoms. The number of benzene rings is 2. The van der Waals surface area contributed by atoms with E-state index >= 15 is 0 Å². The third-order valence-electron chi connectivity index (χ3n) is 5.19. The first-order chi connectivity index (χ1) is 15.6. The summed E-state index contributed by atoms with van der Waals surface area (Å²) in [6.07, 6.45) is 1.44. The number of methoxy groups -OCH3 is 1. The van der Waals surface area contributed by atoms with E-state index in [1.54, 1.807) is 55.5 Å². The number of nitrogens with one attached hydrogen (secondary N) is 1. The Bertz CT molecular complexity index is 1060. The van der Waals surface area contributed by atoms with Crippen molar-refractivity contribution in [1.29, 1.82) is 0 Å². The summed E-state index contributed by atoms with van der Waals surface area (Å²) in [4.78, 5) is 26.8. The van der Waals surface area contributed by atoms with Gasteiger partial charge in [0.1, 0.15) is 11.8 Å². The molecule has 2 aromatic rings. The number of carbonyl (C=O) groups is 2. The summed E-state index contributed by atoms with van der Waals surface area (Å²) in [6.45, 7) is 1.98. The van der Waals surface area contributed by atoms with Crippen LogP contribution in [-0.4, -0.2) is 58.1 Å². The molecule has 0 aliphatic carbocycles. The molecular formula is C23H30ClN3O5S. The summed E-state index contributed by atoms with van der Waals surface area (Å²) in [5, 5.41) is 3.15. The number of nitrogens with zero attached hydrogens (tertiary/aromatic N) is 2. The molecule has 2 rings (SSSR count). The third-order valence-corrected chi connectivity index (χ3v) is 6.62. The lowest BCUT2D eigenvalue weighted by Crippen LogP contribution is -2.46. The molecule has 1 N–H and O–H groups in total. The van der Waals surface area contributed by atoms with Gasteiger partial charge >= 0.3 is 0 Å². The second-order valence-electron chi connectivity index (χ2n) is 7.55. The average molecular weight is 496 g/mol. The summed E-state index contributed by atoms with van der Waals surface area (Å²) in [5.41, 5.74) is 1.24. The molecule has 0 heterocycles. The first kappa shape index (κ1) is 26.5. The van der Waals surface area contributed by atoms with Gasteiger partial charge in [-0.2, -0.15) is 0 Å². The lowest BCUT2D eigenvalue weighted by atomic mass is 10.1. The SMILES string of the molecule is CNC(=O)C(C)N(Cc1ccc(Cl)cc1)C(=O)CCCN(c1ccccc1OC)S(C)(=O)=O. The van der Waals surface area contributed by atoms with E-state index in [0.29, 0.717) is 16.5 Å². The van der Waals surface area contributed by atoms with Crippen molar-refractivity contribution in [3.05, 3.63) is 59.1 Å². The minimum atomic E-state index is -3.60. The van der Waals surface area contributed by atoms with Crippen LogP contribution in [-0.2, 0) is 26.2 Å². The summed E-state index contributed by atoms with van der Waals surface area (Å²) >= 11 is 5.95. The molecule has 0 aromatic heterocycles. The normalized spacial score (nSPS) is 12.0. The van der Waals surface area contributed by atoms with Crippen molar-refractivity contribution in [2.45, 2.75) is 32.4 Å². The summed E-state index contributed by atoms with van der Waals surface area (Å²) in [6, 6.07) is 13.2. The van der Waals surface area contributed by atoms with Gasteiger partial charge in [-0.05, 0) is 43.2 Å². The van der Waals surface area contributed by atoms with Crippen LogP contribution in [0.1, 0.15) is 25.3 Å². The molecule has 10 heteroatoms. The van der Waals surface area contributed by atoms with Gasteiger partial charge in [0.05, 0.1) is 19.1 Å². The maximum atomic E-state index is 13.1. The Morgan fingerprint density at radius 2 is 1.76 bits per heavy atom. The maximum absolute atomic E-state index is 13.1. The molecule has 2 aromatic carbocycles. The minimum Gasteiger partial charge on any atom is -0.495 e. The Hall–Kier alpha value is -2.78. The van der Waals surface area contributed by atoms with Crippen molar-refractivity contribution < 1.29 is 22.7 Å². The number of rotatable bonds is 11. The highest BCUT2D eigenvalue weighted by molar-refractivity contribution is 7.92. The average Bonchev–Trinajstić information content (AvgIpc) is 2.79. The van der Waals surface area contributed by atoms with Crippen LogP contribution in [0.15, 0.2) is 48.5 Å². The van der Waals surface area contributed by atoms with Crippen molar-refractivity contribution in [2.75, 3.05) is 31.3 Å². The van der Waals surface area contributed by atoms with Gasteiger partial charge in [0.15, 0.2) is 0 Å². The molecule has 1 atom stereocenters. The van der Waals surface area contributed by atoms with Crippen LogP contribution in [0.2, 0.25) is 5.02 Å². The first-order valence-electron chi connectivity index (χ1n) is 10.4. The summed E-state index contributed by atoms with van der Waals surface area (Å²) in [5.74, 6) is -0.120. The van der Waals surface area contributed by atoms with Crippen LogP contribution in [0.25, 0.3) is 0 Å². The lowest BCUT2D eigenvalue weighted by Gasteiger charge is -2.29. The van der Waals surface area contributed by atoms with E-state index in [1.165, 1.54) is 23.4 Å². The maximum Gasteiger partial charge on any atom is 0.242 e. The van der Waals surface area contributed by atoms with Crippen molar-refractivity contribution in [3.8, 4) is 5.75 Å². The fourth-order valence-corrected chi connectivity index (χ4v) is 4.49. The van der Waals surface area contributed by atoms with Gasteiger partial charge in [0.2, 0.25) is 21.8 Å². The third kappa shape index (κ3) is 7.36. The van der Waals surface area contributed by atoms with Crippen LogP contribution in [0.4, 0.5) is 5.69 Å². The standard InChI is InChI=1S/C23H30ClN3O5S/c1-17(23(29)25-2)26(16-18-11-13-19(24)14-12-18)22(28)10-7-15-27(33(4,30)31)20-8-5-6-9-21(20)32-3/h5-6,8-9,11-14,17H,7,10,15-16H2,1-4H3,(H,25,29). The van der Waals surface area contributed by atoms with Crippen molar-refractivity contribution in [3.63, 3.8) is 0 Å². The van der Waals surface area contributed by atoms with Crippen LogP contribution in [0.3, 0.4) is 0 Å². The molecule has 0 radical (unpaired) electrons.